The molecule has 0 aromatic heterocycles. The topological polar surface area (TPSA) is 158 Å². The average molecular weight is 746 g/mol. The number of hydrogen-bond acceptors (Lipinski definition) is 13. The number of nitrogens with zero attached hydrogens (tertiary/aromatic N) is 1. The molecule has 5 saturated heterocycles. The van der Waals surface area contributed by atoms with Crippen molar-refractivity contribution in [1.29, 1.82) is 0 Å². The highest BCUT2D eigenvalue weighted by atomic mass is 16.8. The van der Waals surface area contributed by atoms with Crippen molar-refractivity contribution in [2.45, 2.75) is 205 Å². The van der Waals surface area contributed by atoms with E-state index in [-0.39, 0.29) is 36.5 Å². The predicted octanol–water partition coefficient (Wildman–Crippen LogP) is 3.56. The van der Waals surface area contributed by atoms with E-state index < -0.39 is 89.9 Å². The molecule has 4 bridgehead atoms. The van der Waals surface area contributed by atoms with Crippen LogP contribution in [0.25, 0.3) is 0 Å². The standard InChI is InChI=1S/C39H71NO12/c1-14-16-40(12)26-17-21(4)46-35(29(26)41)49-33-23(6)31(48-28-19-36(9,45-13)32(42)25(8)47-28)24(7)39(44)50-27(15-2)38(11,43)34(52-39)22(5)30-20(3)18-37(33,10)51-30/h20-35,41-44H,14-19H2,1-13H3/t20-,21?,22-,23-,24+,25?,26?,27+,28-,29?,30?,31-,32-,33+,34+,35-,36?,37-,38+,39-/m0/s1. The summed E-state index contributed by atoms with van der Waals surface area (Å²) < 4.78 is 52.5. The van der Waals surface area contributed by atoms with Crippen molar-refractivity contribution in [1.82, 2.24) is 4.90 Å². The Balaban J connectivity index is 1.61. The lowest BCUT2D eigenvalue weighted by atomic mass is 9.74. The van der Waals surface area contributed by atoms with E-state index in [2.05, 4.69) is 18.7 Å². The molecule has 13 heteroatoms. The molecule has 6 unspecified atom stereocenters. The van der Waals surface area contributed by atoms with E-state index in [1.54, 1.807) is 21.0 Å². The fraction of sp³-hybridized carbons (Fsp3) is 1.00. The van der Waals surface area contributed by atoms with Crippen LogP contribution in [0.3, 0.4) is 0 Å². The van der Waals surface area contributed by atoms with Crippen LogP contribution in [0.4, 0.5) is 0 Å². The molecule has 0 aromatic carbocycles. The van der Waals surface area contributed by atoms with Gasteiger partial charge in [0.2, 0.25) is 0 Å². The zero-order chi connectivity index (χ0) is 38.7. The van der Waals surface area contributed by atoms with Gasteiger partial charge in [0.1, 0.15) is 17.8 Å². The summed E-state index contributed by atoms with van der Waals surface area (Å²) in [5, 5.41) is 47.4. The van der Waals surface area contributed by atoms with Gasteiger partial charge in [-0.2, -0.15) is 0 Å². The molecular formula is C39H71NO12. The predicted molar refractivity (Wildman–Crippen MR) is 192 cm³/mol. The quantitative estimate of drug-likeness (QED) is 0.272. The molecule has 304 valence electrons. The Kier molecular flexibility index (Phi) is 12.9. The minimum absolute atomic E-state index is 0.0240. The maximum atomic E-state index is 12.5. The Morgan fingerprint density at radius 3 is 2.15 bits per heavy atom. The van der Waals surface area contributed by atoms with Crippen LogP contribution in [0.15, 0.2) is 0 Å². The Bertz CT molecular complexity index is 1200. The lowest BCUT2D eigenvalue weighted by Crippen LogP contribution is -2.69. The normalized spacial score (nSPS) is 54.6. The van der Waals surface area contributed by atoms with Crippen LogP contribution in [0.2, 0.25) is 0 Å². The molecule has 5 rings (SSSR count). The van der Waals surface area contributed by atoms with Gasteiger partial charge in [-0.15, -0.1) is 0 Å². The molecule has 0 aromatic rings. The summed E-state index contributed by atoms with van der Waals surface area (Å²) in [6.45, 7) is 22.1. The highest BCUT2D eigenvalue weighted by Gasteiger charge is 2.64. The Hall–Kier alpha value is -0.520. The first-order valence-corrected chi connectivity index (χ1v) is 19.9. The first kappa shape index (κ1) is 42.6. The van der Waals surface area contributed by atoms with Crippen molar-refractivity contribution in [3.05, 3.63) is 0 Å². The maximum absolute atomic E-state index is 12.5. The van der Waals surface area contributed by atoms with Gasteiger partial charge in [0.25, 0.3) is 5.97 Å². The minimum atomic E-state index is -2.17. The molecule has 13 nitrogen and oxygen atoms in total. The van der Waals surface area contributed by atoms with Crippen LogP contribution >= 0.6 is 0 Å². The molecular weight excluding hydrogens is 674 g/mol. The first-order chi connectivity index (χ1) is 24.2. The van der Waals surface area contributed by atoms with Gasteiger partial charge in [-0.25, -0.2) is 0 Å². The van der Waals surface area contributed by atoms with Gasteiger partial charge in [0.15, 0.2) is 12.6 Å². The van der Waals surface area contributed by atoms with E-state index in [0.29, 0.717) is 19.3 Å². The van der Waals surface area contributed by atoms with Crippen molar-refractivity contribution in [3.8, 4) is 0 Å². The number of methoxy groups -OCH3 is 1. The highest BCUT2D eigenvalue weighted by molar-refractivity contribution is 5.07. The highest BCUT2D eigenvalue weighted by Crippen LogP contribution is 2.52. The van der Waals surface area contributed by atoms with Gasteiger partial charge >= 0.3 is 0 Å². The van der Waals surface area contributed by atoms with Gasteiger partial charge in [-0.1, -0.05) is 41.5 Å². The Morgan fingerprint density at radius 2 is 1.54 bits per heavy atom. The zero-order valence-electron chi connectivity index (χ0n) is 34.0. The second kappa shape index (κ2) is 15.8. The van der Waals surface area contributed by atoms with E-state index in [9.17, 15) is 20.4 Å². The molecule has 0 saturated carbocycles. The third-order valence-corrected chi connectivity index (χ3v) is 13.4. The molecule has 0 spiro atoms. The molecule has 5 aliphatic heterocycles. The molecule has 0 amide bonds. The molecule has 5 heterocycles. The van der Waals surface area contributed by atoms with Crippen molar-refractivity contribution >= 4 is 0 Å². The summed E-state index contributed by atoms with van der Waals surface area (Å²) in [6, 6.07) is -0.174. The molecule has 0 radical (unpaired) electrons. The fourth-order valence-corrected chi connectivity index (χ4v) is 10.3. The van der Waals surface area contributed by atoms with E-state index in [1.807, 2.05) is 55.5 Å². The number of aliphatic hydroxyl groups is 4. The van der Waals surface area contributed by atoms with E-state index in [4.69, 9.17) is 37.9 Å². The largest absolute Gasteiger partial charge is 0.387 e. The zero-order valence-corrected chi connectivity index (χ0v) is 34.0. The van der Waals surface area contributed by atoms with Crippen molar-refractivity contribution in [2.24, 2.45) is 23.7 Å². The van der Waals surface area contributed by atoms with Crippen LogP contribution in [0.5, 0.6) is 0 Å². The van der Waals surface area contributed by atoms with Gasteiger partial charge in [0, 0.05) is 31.4 Å². The van der Waals surface area contributed by atoms with Gasteiger partial charge in [0.05, 0.1) is 59.8 Å². The van der Waals surface area contributed by atoms with Crippen LogP contribution in [-0.2, 0) is 37.9 Å². The Labute approximate surface area is 311 Å². The van der Waals surface area contributed by atoms with Crippen molar-refractivity contribution in [3.63, 3.8) is 0 Å². The minimum Gasteiger partial charge on any atom is -0.387 e. The number of likely N-dealkylation sites (N-methyl/N-ethyl adjacent to an activating group) is 1. The fourth-order valence-electron chi connectivity index (χ4n) is 10.3. The summed E-state index contributed by atoms with van der Waals surface area (Å²) in [5.74, 6) is -3.89. The van der Waals surface area contributed by atoms with Gasteiger partial charge < -0.3 is 63.2 Å². The number of hydrogen-bond donors (Lipinski definition) is 4. The molecule has 20 atom stereocenters. The molecule has 52 heavy (non-hydrogen) atoms. The summed E-state index contributed by atoms with van der Waals surface area (Å²) in [5.41, 5.74) is -3.30. The van der Waals surface area contributed by atoms with Gasteiger partial charge in [-0.3, -0.25) is 0 Å². The smallest absolute Gasteiger partial charge is 0.286 e. The van der Waals surface area contributed by atoms with Crippen molar-refractivity contribution in [2.75, 3.05) is 20.7 Å². The monoisotopic (exact) mass is 745 g/mol. The third-order valence-electron chi connectivity index (χ3n) is 13.4. The van der Waals surface area contributed by atoms with Crippen LogP contribution in [0.1, 0.15) is 108 Å². The Morgan fingerprint density at radius 1 is 0.865 bits per heavy atom. The number of ether oxygens (including phenoxy) is 8. The second-order valence-corrected chi connectivity index (χ2v) is 17.7. The molecule has 5 fully saturated rings. The lowest BCUT2D eigenvalue weighted by Gasteiger charge is -2.55. The average Bonchev–Trinajstić information content (AvgIpc) is 3.39. The summed E-state index contributed by atoms with van der Waals surface area (Å²) >= 11 is 0. The number of rotatable bonds is 9. The first-order valence-electron chi connectivity index (χ1n) is 19.9. The van der Waals surface area contributed by atoms with Crippen LogP contribution < -0.4 is 0 Å². The van der Waals surface area contributed by atoms with E-state index in [1.165, 1.54) is 0 Å². The van der Waals surface area contributed by atoms with E-state index in [0.717, 1.165) is 13.0 Å². The SMILES string of the molecule is CCCN(C)C1CC(C)O[C@@H](O[C@@H]2[C@@H](C)[C@H](O[C@H]3CC(C)(OC)[C@@H](O)C(C)O3)[C@@H](C)[C@@]3(O)O[C@H]([C@@H](C)C4O[C@@]2(C)C[C@@H]4C)[C@](C)(O)[C@@H](CC)O3)C1O. The van der Waals surface area contributed by atoms with Crippen LogP contribution in [0, 0.1) is 23.7 Å². The van der Waals surface area contributed by atoms with Crippen LogP contribution in [-0.4, -0.2) is 142 Å². The molecule has 4 N–H and O–H groups in total. The summed E-state index contributed by atoms with van der Waals surface area (Å²) in [6.07, 6.45) is -5.10. The number of fused-ring (bicyclic) bond motifs is 4. The molecule has 0 aliphatic carbocycles. The summed E-state index contributed by atoms with van der Waals surface area (Å²) in [7, 11) is 3.58. The maximum Gasteiger partial charge on any atom is 0.286 e. The van der Waals surface area contributed by atoms with Crippen molar-refractivity contribution < 1.29 is 58.3 Å². The molecule has 5 aliphatic rings. The second-order valence-electron chi connectivity index (χ2n) is 17.7. The summed E-state index contributed by atoms with van der Waals surface area (Å²) in [4.78, 5) is 2.17. The van der Waals surface area contributed by atoms with Gasteiger partial charge in [-0.05, 0) is 79.8 Å². The third kappa shape index (κ3) is 7.75. The number of aliphatic hydroxyl groups excluding tert-OH is 2. The lowest BCUT2D eigenvalue weighted by molar-refractivity contribution is -0.481. The van der Waals surface area contributed by atoms with E-state index >= 15 is 0 Å².